The van der Waals surface area contributed by atoms with Crippen molar-refractivity contribution >= 4 is 62.3 Å². The van der Waals surface area contributed by atoms with E-state index in [-0.39, 0.29) is 23.8 Å². The number of nitrogens with zero attached hydrogens (tertiary/aromatic N) is 2. The molecule has 40 heavy (non-hydrogen) atoms. The lowest BCUT2D eigenvalue weighted by Crippen LogP contribution is -2.52. The summed E-state index contributed by atoms with van der Waals surface area (Å²) in [6.45, 7) is 5.20. The third-order valence-electron chi connectivity index (χ3n) is 6.36. The van der Waals surface area contributed by atoms with Crippen LogP contribution in [-0.4, -0.2) is 44.3 Å². The van der Waals surface area contributed by atoms with Gasteiger partial charge >= 0.3 is 0 Å². The molecule has 0 aliphatic carbocycles. The fraction of sp³-hybridized carbons (Fsp3) is 0.310. The van der Waals surface area contributed by atoms with Crippen molar-refractivity contribution in [3.8, 4) is 0 Å². The van der Waals surface area contributed by atoms with Crippen molar-refractivity contribution in [1.82, 2.24) is 10.2 Å². The topological polar surface area (TPSA) is 86.8 Å². The lowest BCUT2D eigenvalue weighted by Gasteiger charge is -2.34. The van der Waals surface area contributed by atoms with E-state index in [1.807, 2.05) is 6.92 Å². The van der Waals surface area contributed by atoms with Gasteiger partial charge in [0.05, 0.1) is 10.6 Å². The highest BCUT2D eigenvalue weighted by atomic mass is 35.5. The quantitative estimate of drug-likeness (QED) is 0.250. The van der Waals surface area contributed by atoms with E-state index < -0.39 is 28.5 Å². The van der Waals surface area contributed by atoms with E-state index in [4.69, 9.17) is 34.8 Å². The number of carbonyl (C=O) groups is 2. The first-order chi connectivity index (χ1) is 19.0. The minimum Gasteiger partial charge on any atom is -0.354 e. The average Bonchev–Trinajstić information content (AvgIpc) is 2.92. The van der Waals surface area contributed by atoms with Crippen LogP contribution in [-0.2, 0) is 26.2 Å². The molecule has 3 aromatic rings. The predicted octanol–water partition coefficient (Wildman–Crippen LogP) is 6.48. The van der Waals surface area contributed by atoms with Crippen LogP contribution in [0.1, 0.15) is 37.8 Å². The van der Waals surface area contributed by atoms with Crippen LogP contribution in [0.5, 0.6) is 0 Å². The van der Waals surface area contributed by atoms with Gasteiger partial charge in [0.15, 0.2) is 0 Å². The van der Waals surface area contributed by atoms with E-state index in [1.54, 1.807) is 68.4 Å². The number of hydrogen-bond acceptors (Lipinski definition) is 4. The van der Waals surface area contributed by atoms with Gasteiger partial charge in [-0.25, -0.2) is 8.42 Å². The van der Waals surface area contributed by atoms with Crippen molar-refractivity contribution in [2.24, 2.45) is 0 Å². The minimum absolute atomic E-state index is 0.0191. The first-order valence-corrected chi connectivity index (χ1v) is 15.4. The summed E-state index contributed by atoms with van der Waals surface area (Å²) in [6, 6.07) is 16.7. The summed E-state index contributed by atoms with van der Waals surface area (Å²) in [7, 11) is -4.18. The molecule has 2 amide bonds. The summed E-state index contributed by atoms with van der Waals surface area (Å²) in [4.78, 5) is 28.7. The molecule has 7 nitrogen and oxygen atoms in total. The molecule has 0 aliphatic heterocycles. The Morgan fingerprint density at radius 3 is 2.15 bits per heavy atom. The highest BCUT2D eigenvalue weighted by Crippen LogP contribution is 2.31. The van der Waals surface area contributed by atoms with E-state index in [0.717, 1.165) is 4.31 Å². The van der Waals surface area contributed by atoms with E-state index >= 15 is 0 Å². The summed E-state index contributed by atoms with van der Waals surface area (Å²) in [5, 5.41) is 3.93. The molecular formula is C29H32Cl3N3O4S. The van der Waals surface area contributed by atoms with Crippen molar-refractivity contribution < 1.29 is 18.0 Å². The zero-order valence-corrected chi connectivity index (χ0v) is 25.6. The van der Waals surface area contributed by atoms with Gasteiger partial charge in [-0.2, -0.15) is 0 Å². The second kappa shape index (κ2) is 14.2. The highest BCUT2D eigenvalue weighted by Gasteiger charge is 2.34. The van der Waals surface area contributed by atoms with Crippen LogP contribution in [0.15, 0.2) is 71.6 Å². The number of benzene rings is 3. The number of carbonyl (C=O) groups excluding carboxylic acids is 2. The highest BCUT2D eigenvalue weighted by molar-refractivity contribution is 7.92. The lowest BCUT2D eigenvalue weighted by molar-refractivity contribution is -0.140. The summed E-state index contributed by atoms with van der Waals surface area (Å²) in [5.41, 5.74) is 1.31. The third kappa shape index (κ3) is 7.49. The molecule has 11 heteroatoms. The average molecular weight is 625 g/mol. The van der Waals surface area contributed by atoms with Gasteiger partial charge in [0, 0.05) is 33.7 Å². The van der Waals surface area contributed by atoms with Crippen molar-refractivity contribution in [3.05, 3.63) is 92.9 Å². The summed E-state index contributed by atoms with van der Waals surface area (Å²) >= 11 is 19.0. The molecule has 3 aromatic carbocycles. The smallest absolute Gasteiger partial charge is 0.264 e. The van der Waals surface area contributed by atoms with E-state index in [0.29, 0.717) is 44.8 Å². The van der Waals surface area contributed by atoms with Crippen LogP contribution in [0.4, 0.5) is 5.69 Å². The molecule has 0 aromatic heterocycles. The minimum atomic E-state index is -4.18. The molecule has 0 spiro atoms. The molecular weight excluding hydrogens is 593 g/mol. The number of nitrogens with one attached hydrogen (secondary N) is 1. The number of halogens is 3. The van der Waals surface area contributed by atoms with E-state index in [1.165, 1.54) is 17.0 Å². The molecule has 1 atom stereocenters. The molecule has 0 aliphatic rings. The molecule has 1 unspecified atom stereocenters. The van der Waals surface area contributed by atoms with E-state index in [9.17, 15) is 18.0 Å². The molecule has 0 fully saturated rings. The van der Waals surface area contributed by atoms with Crippen LogP contribution >= 0.6 is 34.8 Å². The Balaban J connectivity index is 2.11. The molecule has 1 N–H and O–H groups in total. The maximum atomic E-state index is 14.1. The Labute approximate surface area is 251 Å². The van der Waals surface area contributed by atoms with Gasteiger partial charge in [-0.3, -0.25) is 13.9 Å². The number of sulfonamides is 1. The number of hydrogen-bond donors (Lipinski definition) is 1. The van der Waals surface area contributed by atoms with Gasteiger partial charge in [-0.15, -0.1) is 0 Å². The monoisotopic (exact) mass is 623 g/mol. The summed E-state index contributed by atoms with van der Waals surface area (Å²) < 4.78 is 28.9. The Hall–Kier alpha value is -2.78. The third-order valence-corrected chi connectivity index (χ3v) is 9.08. The Morgan fingerprint density at radius 2 is 1.57 bits per heavy atom. The predicted molar refractivity (Wildman–Crippen MR) is 162 cm³/mol. The zero-order chi connectivity index (χ0) is 29.4. The maximum Gasteiger partial charge on any atom is 0.264 e. The maximum absolute atomic E-state index is 14.1. The van der Waals surface area contributed by atoms with Crippen LogP contribution in [0, 0.1) is 6.92 Å². The van der Waals surface area contributed by atoms with Crippen molar-refractivity contribution in [3.63, 3.8) is 0 Å². The molecule has 0 bridgehead atoms. The Bertz CT molecular complexity index is 1430. The van der Waals surface area contributed by atoms with Gasteiger partial charge in [0.1, 0.15) is 12.6 Å². The second-order valence-corrected chi connectivity index (χ2v) is 12.3. The fourth-order valence-electron chi connectivity index (χ4n) is 4.27. The Morgan fingerprint density at radius 1 is 0.925 bits per heavy atom. The first kappa shape index (κ1) is 31.7. The number of rotatable bonds is 12. The number of anilines is 1. The SMILES string of the molecule is CCCNC(=O)C(CC)N(Cc1c(Cl)cccc1Cl)C(=O)CN(c1ccc(Cl)cc1C)S(=O)(=O)c1ccccc1. The van der Waals surface area contributed by atoms with Gasteiger partial charge in [0.25, 0.3) is 10.0 Å². The normalized spacial score (nSPS) is 12.1. The number of aryl methyl sites for hydroxylation is 1. The van der Waals surface area contributed by atoms with E-state index in [2.05, 4.69) is 5.32 Å². The molecule has 0 saturated carbocycles. The van der Waals surface area contributed by atoms with Crippen LogP contribution in [0.2, 0.25) is 15.1 Å². The largest absolute Gasteiger partial charge is 0.354 e. The summed E-state index contributed by atoms with van der Waals surface area (Å²) in [5.74, 6) is -0.940. The van der Waals surface area contributed by atoms with Crippen molar-refractivity contribution in [2.75, 3.05) is 17.4 Å². The lowest BCUT2D eigenvalue weighted by atomic mass is 10.1. The zero-order valence-electron chi connectivity index (χ0n) is 22.5. The first-order valence-electron chi connectivity index (χ1n) is 12.8. The van der Waals surface area contributed by atoms with Gasteiger partial charge < -0.3 is 10.2 Å². The summed E-state index contributed by atoms with van der Waals surface area (Å²) in [6.07, 6.45) is 1.00. The van der Waals surface area contributed by atoms with Gasteiger partial charge in [-0.05, 0) is 67.8 Å². The number of amides is 2. The van der Waals surface area contributed by atoms with Gasteiger partial charge in [-0.1, -0.05) is 72.9 Å². The second-order valence-electron chi connectivity index (χ2n) is 9.19. The molecule has 214 valence electrons. The molecule has 0 heterocycles. The van der Waals surface area contributed by atoms with Crippen molar-refractivity contribution in [1.29, 1.82) is 0 Å². The van der Waals surface area contributed by atoms with Crippen LogP contribution < -0.4 is 9.62 Å². The fourth-order valence-corrected chi connectivity index (χ4v) is 6.51. The van der Waals surface area contributed by atoms with Crippen LogP contribution in [0.25, 0.3) is 0 Å². The standard InChI is InChI=1S/C29H32Cl3N3O4S/c1-4-16-33-29(37)26(5-2)34(18-23-24(31)12-9-13-25(23)32)28(36)19-35(27-15-14-21(30)17-20(27)3)40(38,39)22-10-7-6-8-11-22/h6-15,17,26H,4-5,16,18-19H2,1-3H3,(H,33,37). The molecule has 3 rings (SSSR count). The van der Waals surface area contributed by atoms with Crippen LogP contribution in [0.3, 0.4) is 0 Å². The van der Waals surface area contributed by atoms with Gasteiger partial charge in [0.2, 0.25) is 11.8 Å². The van der Waals surface area contributed by atoms with Crippen molar-refractivity contribution in [2.45, 2.75) is 51.1 Å². The molecule has 0 saturated heterocycles. The Kier molecular flexibility index (Phi) is 11.3. The molecule has 0 radical (unpaired) electrons.